The number of hydrogen-bond acceptors (Lipinski definition) is 9. The Morgan fingerprint density at radius 1 is 0.955 bits per heavy atom. The first-order valence-corrected chi connectivity index (χ1v) is 6.72. The number of aliphatic hydroxyl groups is 6. The summed E-state index contributed by atoms with van der Waals surface area (Å²) in [6.45, 7) is -1.15. The molecule has 0 aliphatic carbocycles. The number of hydrogen-bond donors (Lipinski definition) is 6. The van der Waals surface area contributed by atoms with Gasteiger partial charge in [-0.2, -0.15) is 0 Å². The van der Waals surface area contributed by atoms with Crippen LogP contribution in [0.25, 0.3) is 0 Å². The van der Waals surface area contributed by atoms with E-state index in [2.05, 4.69) is 9.97 Å². The number of rotatable bonds is 9. The van der Waals surface area contributed by atoms with E-state index in [9.17, 15) is 20.4 Å². The van der Waals surface area contributed by atoms with Crippen molar-refractivity contribution in [3.63, 3.8) is 0 Å². The van der Waals surface area contributed by atoms with Crippen LogP contribution in [0.1, 0.15) is 17.5 Å². The van der Waals surface area contributed by atoms with Gasteiger partial charge in [-0.3, -0.25) is 9.97 Å². The van der Waals surface area contributed by atoms with Gasteiger partial charge in [-0.25, -0.2) is 0 Å². The fraction of sp³-hybridized carbons (Fsp3) is 0.692. The predicted octanol–water partition coefficient (Wildman–Crippen LogP) is -2.87. The Labute approximate surface area is 127 Å². The molecule has 22 heavy (non-hydrogen) atoms. The lowest BCUT2D eigenvalue weighted by atomic mass is 10.1. The zero-order valence-corrected chi connectivity index (χ0v) is 12.1. The highest BCUT2D eigenvalue weighted by molar-refractivity contribution is 5.08. The Kier molecular flexibility index (Phi) is 7.76. The van der Waals surface area contributed by atoms with Gasteiger partial charge in [0, 0.05) is 19.7 Å². The minimum atomic E-state index is -1.29. The number of nitrogens with zero attached hydrogens (tertiary/aromatic N) is 2. The summed E-state index contributed by atoms with van der Waals surface area (Å²) in [6.07, 6.45) is -3.56. The molecule has 0 saturated carbocycles. The van der Waals surface area contributed by atoms with E-state index in [0.29, 0.717) is 5.69 Å². The van der Waals surface area contributed by atoms with Gasteiger partial charge in [0.2, 0.25) is 0 Å². The maximum atomic E-state index is 10.1. The summed E-state index contributed by atoms with van der Waals surface area (Å²) in [7, 11) is 1.28. The second-order valence-electron chi connectivity index (χ2n) is 4.85. The van der Waals surface area contributed by atoms with Gasteiger partial charge >= 0.3 is 0 Å². The first-order chi connectivity index (χ1) is 10.4. The predicted molar refractivity (Wildman–Crippen MR) is 73.7 cm³/mol. The molecule has 0 radical (unpaired) electrons. The molecular weight excluding hydrogens is 296 g/mol. The van der Waals surface area contributed by atoms with E-state index in [0.717, 1.165) is 0 Å². The standard InChI is InChI=1S/C13H22N2O7/c1-22-13(11(20)6-17)12(21)8-4-14-7(3-15-8)2-9(18)10(19)5-16/h3-4,9-13,16-21H,2,5-6H2,1H3/t9-,10+,11+,12+,13-/m0/s1. The van der Waals surface area contributed by atoms with Gasteiger partial charge < -0.3 is 35.4 Å². The molecule has 0 bridgehead atoms. The third-order valence-electron chi connectivity index (χ3n) is 3.23. The monoisotopic (exact) mass is 318 g/mol. The van der Waals surface area contributed by atoms with Crippen molar-refractivity contribution in [3.05, 3.63) is 23.8 Å². The lowest BCUT2D eigenvalue weighted by Crippen LogP contribution is -2.37. The van der Waals surface area contributed by atoms with Gasteiger partial charge in [-0.1, -0.05) is 0 Å². The molecule has 1 aromatic heterocycles. The van der Waals surface area contributed by atoms with Crippen LogP contribution in [0.2, 0.25) is 0 Å². The molecule has 126 valence electrons. The lowest BCUT2D eigenvalue weighted by molar-refractivity contribution is -0.0986. The summed E-state index contributed by atoms with van der Waals surface area (Å²) < 4.78 is 4.93. The van der Waals surface area contributed by atoms with Crippen LogP contribution < -0.4 is 0 Å². The molecule has 5 atom stereocenters. The number of aromatic nitrogens is 2. The van der Waals surface area contributed by atoms with Gasteiger partial charge in [0.1, 0.15) is 24.4 Å². The van der Waals surface area contributed by atoms with Crippen LogP contribution in [0.5, 0.6) is 0 Å². The molecule has 1 heterocycles. The fourth-order valence-corrected chi connectivity index (χ4v) is 1.86. The molecule has 0 aromatic carbocycles. The van der Waals surface area contributed by atoms with Gasteiger partial charge in [0.25, 0.3) is 0 Å². The molecule has 1 rings (SSSR count). The van der Waals surface area contributed by atoms with Crippen LogP contribution in [0.4, 0.5) is 0 Å². The molecule has 6 N–H and O–H groups in total. The van der Waals surface area contributed by atoms with Crippen molar-refractivity contribution >= 4 is 0 Å². The van der Waals surface area contributed by atoms with Crippen LogP contribution in [0, 0.1) is 0 Å². The van der Waals surface area contributed by atoms with Crippen LogP contribution in [0.15, 0.2) is 12.4 Å². The Hall–Kier alpha value is -1.20. The molecule has 9 heteroatoms. The summed E-state index contributed by atoms with van der Waals surface area (Å²) in [5.41, 5.74) is 0.480. The fourth-order valence-electron chi connectivity index (χ4n) is 1.86. The van der Waals surface area contributed by atoms with E-state index < -0.39 is 43.7 Å². The highest BCUT2D eigenvalue weighted by Crippen LogP contribution is 2.19. The first kappa shape index (κ1) is 18.8. The van der Waals surface area contributed by atoms with E-state index in [-0.39, 0.29) is 12.1 Å². The average molecular weight is 318 g/mol. The van der Waals surface area contributed by atoms with E-state index in [1.807, 2.05) is 0 Å². The average Bonchev–Trinajstić information content (AvgIpc) is 2.54. The lowest BCUT2D eigenvalue weighted by Gasteiger charge is -2.24. The third kappa shape index (κ3) is 4.92. The topological polar surface area (TPSA) is 156 Å². The zero-order valence-electron chi connectivity index (χ0n) is 12.1. The van der Waals surface area contributed by atoms with Crippen LogP contribution in [0.3, 0.4) is 0 Å². The Morgan fingerprint density at radius 3 is 2.05 bits per heavy atom. The van der Waals surface area contributed by atoms with Crippen molar-refractivity contribution in [1.29, 1.82) is 0 Å². The van der Waals surface area contributed by atoms with Crippen LogP contribution in [-0.2, 0) is 11.2 Å². The first-order valence-electron chi connectivity index (χ1n) is 6.72. The third-order valence-corrected chi connectivity index (χ3v) is 3.23. The molecule has 0 unspecified atom stereocenters. The molecule has 0 saturated heterocycles. The summed E-state index contributed by atoms with van der Waals surface area (Å²) in [4.78, 5) is 7.95. The minimum absolute atomic E-state index is 0.0158. The van der Waals surface area contributed by atoms with Crippen LogP contribution >= 0.6 is 0 Å². The molecule has 1 aromatic rings. The van der Waals surface area contributed by atoms with Crippen molar-refractivity contribution in [3.8, 4) is 0 Å². The van der Waals surface area contributed by atoms with Crippen molar-refractivity contribution in [2.45, 2.75) is 36.9 Å². The number of aliphatic hydroxyl groups excluding tert-OH is 6. The second kappa shape index (κ2) is 9.06. The summed E-state index contributed by atoms with van der Waals surface area (Å²) in [5.74, 6) is 0. The van der Waals surface area contributed by atoms with Gasteiger partial charge in [-0.05, 0) is 0 Å². The highest BCUT2D eigenvalue weighted by atomic mass is 16.5. The summed E-state index contributed by atoms with van der Waals surface area (Å²) in [5, 5.41) is 56.1. The molecule has 0 fully saturated rings. The Morgan fingerprint density at radius 2 is 1.59 bits per heavy atom. The highest BCUT2D eigenvalue weighted by Gasteiger charge is 2.29. The largest absolute Gasteiger partial charge is 0.394 e. The number of ether oxygens (including phenoxy) is 1. The van der Waals surface area contributed by atoms with Gasteiger partial charge in [-0.15, -0.1) is 0 Å². The second-order valence-corrected chi connectivity index (χ2v) is 4.85. The van der Waals surface area contributed by atoms with E-state index in [1.54, 1.807) is 0 Å². The molecule has 0 spiro atoms. The maximum Gasteiger partial charge on any atom is 0.126 e. The van der Waals surface area contributed by atoms with Crippen molar-refractivity contribution in [2.24, 2.45) is 0 Å². The normalized spacial score (nSPS) is 18.5. The smallest absolute Gasteiger partial charge is 0.126 e. The summed E-state index contributed by atoms with van der Waals surface area (Å²) >= 11 is 0. The molecule has 0 amide bonds. The van der Waals surface area contributed by atoms with Gasteiger partial charge in [0.15, 0.2) is 0 Å². The minimum Gasteiger partial charge on any atom is -0.394 e. The molecular formula is C13H22N2O7. The summed E-state index contributed by atoms with van der Waals surface area (Å²) in [6, 6.07) is 0. The molecule has 9 nitrogen and oxygen atoms in total. The molecule has 0 aliphatic heterocycles. The van der Waals surface area contributed by atoms with Crippen molar-refractivity contribution in [2.75, 3.05) is 20.3 Å². The molecule has 0 aliphatic rings. The van der Waals surface area contributed by atoms with Crippen molar-refractivity contribution in [1.82, 2.24) is 9.97 Å². The van der Waals surface area contributed by atoms with Crippen LogP contribution in [-0.4, -0.2) is 85.3 Å². The van der Waals surface area contributed by atoms with E-state index >= 15 is 0 Å². The van der Waals surface area contributed by atoms with Gasteiger partial charge in [0.05, 0.1) is 36.9 Å². The zero-order chi connectivity index (χ0) is 16.7. The SMILES string of the molecule is CO[C@@H]([C@H](O)CO)[C@H](O)c1cnc(C[C@H](O)[C@H](O)CO)cn1. The Balaban J connectivity index is 2.75. The quantitative estimate of drug-likeness (QED) is 0.282. The maximum absolute atomic E-state index is 10.1. The Bertz CT molecular complexity index is 431. The van der Waals surface area contributed by atoms with E-state index in [1.165, 1.54) is 19.5 Å². The van der Waals surface area contributed by atoms with Crippen molar-refractivity contribution < 1.29 is 35.4 Å². The number of methoxy groups -OCH3 is 1. The van der Waals surface area contributed by atoms with E-state index in [4.69, 9.17) is 14.9 Å².